The largest absolute Gasteiger partial charge is 0.394 e. The molecule has 0 aliphatic rings. The smallest absolute Gasteiger partial charge is 0.332 e. The van der Waals surface area contributed by atoms with Crippen LogP contribution in [0.4, 0.5) is 0 Å². The Morgan fingerprint density at radius 2 is 1.30 bits per heavy atom. The summed E-state index contributed by atoms with van der Waals surface area (Å²) in [6, 6.07) is -1.12. The van der Waals surface area contributed by atoms with Crippen LogP contribution in [0.25, 0.3) is 0 Å². The standard InChI is InChI=1S/C18H35NO4/c1-2-3-4-5-6-7-8-9-10-11-12-13-14-17(21)23-18(22)16(19)15-20/h16,20H,2-15,19H2,1H3/t16-/m0/s1. The molecule has 0 aliphatic heterocycles. The number of unbranched alkanes of at least 4 members (excludes halogenated alkanes) is 11. The van der Waals surface area contributed by atoms with Gasteiger partial charge >= 0.3 is 11.9 Å². The molecule has 5 nitrogen and oxygen atoms in total. The van der Waals surface area contributed by atoms with Gasteiger partial charge < -0.3 is 15.6 Å². The molecule has 0 saturated carbocycles. The van der Waals surface area contributed by atoms with Crippen molar-refractivity contribution >= 4 is 11.9 Å². The molecule has 0 spiro atoms. The zero-order valence-electron chi connectivity index (χ0n) is 14.7. The van der Waals surface area contributed by atoms with Crippen molar-refractivity contribution in [1.82, 2.24) is 0 Å². The highest BCUT2D eigenvalue weighted by molar-refractivity contribution is 5.88. The first-order valence-electron chi connectivity index (χ1n) is 9.22. The van der Waals surface area contributed by atoms with Crippen molar-refractivity contribution in [2.45, 2.75) is 96.4 Å². The molecule has 0 amide bonds. The molecule has 0 aliphatic carbocycles. The average Bonchev–Trinajstić information content (AvgIpc) is 2.54. The molecule has 0 radical (unpaired) electrons. The van der Waals surface area contributed by atoms with Crippen molar-refractivity contribution in [3.8, 4) is 0 Å². The van der Waals surface area contributed by atoms with E-state index in [4.69, 9.17) is 10.8 Å². The van der Waals surface area contributed by atoms with Crippen molar-refractivity contribution in [2.24, 2.45) is 5.73 Å². The van der Waals surface area contributed by atoms with Crippen molar-refractivity contribution in [2.75, 3.05) is 6.61 Å². The Bertz CT molecular complexity index is 307. The highest BCUT2D eigenvalue weighted by Crippen LogP contribution is 2.12. The van der Waals surface area contributed by atoms with E-state index in [0.717, 1.165) is 19.3 Å². The molecule has 0 heterocycles. The monoisotopic (exact) mass is 329 g/mol. The van der Waals surface area contributed by atoms with Crippen molar-refractivity contribution in [1.29, 1.82) is 0 Å². The molecule has 0 aromatic heterocycles. The molecular weight excluding hydrogens is 294 g/mol. The second-order valence-corrected chi connectivity index (χ2v) is 6.22. The van der Waals surface area contributed by atoms with E-state index in [1.54, 1.807) is 0 Å². The lowest BCUT2D eigenvalue weighted by Gasteiger charge is -2.07. The molecule has 23 heavy (non-hydrogen) atoms. The number of rotatable bonds is 15. The van der Waals surface area contributed by atoms with Gasteiger partial charge in [0.25, 0.3) is 0 Å². The summed E-state index contributed by atoms with van der Waals surface area (Å²) < 4.78 is 4.54. The number of carbonyl (C=O) groups excluding carboxylic acids is 2. The Morgan fingerprint density at radius 3 is 1.74 bits per heavy atom. The molecule has 0 bridgehead atoms. The van der Waals surface area contributed by atoms with Crippen LogP contribution in [0.2, 0.25) is 0 Å². The van der Waals surface area contributed by atoms with E-state index in [9.17, 15) is 9.59 Å². The molecule has 0 saturated heterocycles. The van der Waals surface area contributed by atoms with E-state index in [0.29, 0.717) is 0 Å². The zero-order chi connectivity index (χ0) is 17.3. The third-order valence-electron chi connectivity index (χ3n) is 3.95. The predicted octanol–water partition coefficient (Wildman–Crippen LogP) is 3.47. The van der Waals surface area contributed by atoms with Gasteiger partial charge in [0.05, 0.1) is 6.61 Å². The average molecular weight is 329 g/mol. The Balaban J connectivity index is 3.29. The SMILES string of the molecule is CCCCCCCCCCCCCCC(=O)OC(=O)[C@@H](N)CO. The van der Waals surface area contributed by atoms with Crippen LogP contribution in [0, 0.1) is 0 Å². The van der Waals surface area contributed by atoms with Crippen molar-refractivity contribution < 1.29 is 19.4 Å². The fourth-order valence-electron chi connectivity index (χ4n) is 2.42. The number of aliphatic hydroxyl groups is 1. The first-order valence-corrected chi connectivity index (χ1v) is 9.22. The third-order valence-corrected chi connectivity index (χ3v) is 3.95. The quantitative estimate of drug-likeness (QED) is 0.273. The predicted molar refractivity (Wildman–Crippen MR) is 91.9 cm³/mol. The molecule has 0 aromatic rings. The maximum atomic E-state index is 11.4. The van der Waals surface area contributed by atoms with E-state index in [-0.39, 0.29) is 6.42 Å². The summed E-state index contributed by atoms with van der Waals surface area (Å²) in [6.07, 6.45) is 14.9. The van der Waals surface area contributed by atoms with E-state index in [2.05, 4.69) is 11.7 Å². The number of hydrogen-bond donors (Lipinski definition) is 2. The van der Waals surface area contributed by atoms with Gasteiger partial charge in [-0.05, 0) is 6.42 Å². The first-order chi connectivity index (χ1) is 11.1. The van der Waals surface area contributed by atoms with E-state index < -0.39 is 24.6 Å². The van der Waals surface area contributed by atoms with Gasteiger partial charge in [-0.25, -0.2) is 4.79 Å². The Kier molecular flexibility index (Phi) is 15.3. The third kappa shape index (κ3) is 14.4. The summed E-state index contributed by atoms with van der Waals surface area (Å²) in [5.41, 5.74) is 5.26. The van der Waals surface area contributed by atoms with E-state index in [1.807, 2.05) is 0 Å². The summed E-state index contributed by atoms with van der Waals surface area (Å²) in [4.78, 5) is 22.6. The maximum absolute atomic E-state index is 11.4. The Hall–Kier alpha value is -0.940. The lowest BCUT2D eigenvalue weighted by molar-refractivity contribution is -0.161. The van der Waals surface area contributed by atoms with Crippen LogP contribution in [0.15, 0.2) is 0 Å². The highest BCUT2D eigenvalue weighted by atomic mass is 16.6. The van der Waals surface area contributed by atoms with Crippen LogP contribution in [0.1, 0.15) is 90.4 Å². The molecule has 136 valence electrons. The maximum Gasteiger partial charge on any atom is 0.332 e. The van der Waals surface area contributed by atoms with Gasteiger partial charge in [-0.1, -0.05) is 77.6 Å². The van der Waals surface area contributed by atoms with Crippen LogP contribution < -0.4 is 5.73 Å². The van der Waals surface area contributed by atoms with Gasteiger partial charge in [-0.2, -0.15) is 0 Å². The number of esters is 2. The van der Waals surface area contributed by atoms with Crippen molar-refractivity contribution in [3.63, 3.8) is 0 Å². The molecule has 0 fully saturated rings. The Morgan fingerprint density at radius 1 is 0.870 bits per heavy atom. The van der Waals surface area contributed by atoms with Gasteiger partial charge in [0.2, 0.25) is 0 Å². The van der Waals surface area contributed by atoms with E-state index in [1.165, 1.54) is 57.8 Å². The van der Waals surface area contributed by atoms with Crippen LogP contribution in [0.5, 0.6) is 0 Å². The summed E-state index contributed by atoms with van der Waals surface area (Å²) >= 11 is 0. The fraction of sp³-hybridized carbons (Fsp3) is 0.889. The van der Waals surface area contributed by atoms with Gasteiger partial charge in [0.1, 0.15) is 6.04 Å². The van der Waals surface area contributed by atoms with Gasteiger partial charge in [-0.15, -0.1) is 0 Å². The lowest BCUT2D eigenvalue weighted by atomic mass is 10.0. The van der Waals surface area contributed by atoms with Gasteiger partial charge in [0, 0.05) is 6.42 Å². The molecular formula is C18H35NO4. The number of aliphatic hydroxyl groups excluding tert-OH is 1. The Labute approximate surface area is 141 Å². The normalized spacial score (nSPS) is 12.1. The molecule has 1 atom stereocenters. The van der Waals surface area contributed by atoms with Crippen LogP contribution in [-0.2, 0) is 14.3 Å². The summed E-state index contributed by atoms with van der Waals surface area (Å²) in [6.45, 7) is 1.73. The molecule has 0 aromatic carbocycles. The number of carbonyl (C=O) groups is 2. The second-order valence-electron chi connectivity index (χ2n) is 6.22. The van der Waals surface area contributed by atoms with Crippen LogP contribution in [0.3, 0.4) is 0 Å². The number of hydrogen-bond acceptors (Lipinski definition) is 5. The van der Waals surface area contributed by atoms with Gasteiger partial charge in [0.15, 0.2) is 0 Å². The van der Waals surface area contributed by atoms with E-state index >= 15 is 0 Å². The van der Waals surface area contributed by atoms with Gasteiger partial charge in [-0.3, -0.25) is 4.79 Å². The minimum absolute atomic E-state index is 0.237. The minimum atomic E-state index is -1.12. The minimum Gasteiger partial charge on any atom is -0.394 e. The molecule has 5 heteroatoms. The molecule has 0 rings (SSSR count). The topological polar surface area (TPSA) is 89.6 Å². The summed E-state index contributed by atoms with van der Waals surface area (Å²) in [7, 11) is 0. The first kappa shape index (κ1) is 22.1. The van der Waals surface area contributed by atoms with Crippen LogP contribution >= 0.6 is 0 Å². The number of nitrogens with two attached hydrogens (primary N) is 1. The fourth-order valence-corrected chi connectivity index (χ4v) is 2.42. The van der Waals surface area contributed by atoms with Crippen LogP contribution in [-0.4, -0.2) is 29.7 Å². The summed E-state index contributed by atoms with van der Waals surface area (Å²) in [5, 5.41) is 8.67. The van der Waals surface area contributed by atoms with Crippen molar-refractivity contribution in [3.05, 3.63) is 0 Å². The number of ether oxygens (including phenoxy) is 1. The second kappa shape index (κ2) is 15.9. The molecule has 0 unspecified atom stereocenters. The highest BCUT2D eigenvalue weighted by Gasteiger charge is 2.17. The zero-order valence-corrected chi connectivity index (χ0v) is 14.7. The summed E-state index contributed by atoms with van der Waals surface area (Å²) in [5.74, 6) is -1.40. The molecule has 3 N–H and O–H groups in total. The lowest BCUT2D eigenvalue weighted by Crippen LogP contribution is -2.36.